The smallest absolute Gasteiger partial charge is 0.319 e. The van der Waals surface area contributed by atoms with Gasteiger partial charge >= 0.3 is 5.97 Å². The van der Waals surface area contributed by atoms with Crippen LogP contribution in [-0.4, -0.2) is 58.4 Å². The zero-order valence-corrected chi connectivity index (χ0v) is 27.9. The summed E-state index contributed by atoms with van der Waals surface area (Å²) < 4.78 is 32.6. The summed E-state index contributed by atoms with van der Waals surface area (Å²) in [5, 5.41) is 3.85. The zero-order chi connectivity index (χ0) is 33.0. The van der Waals surface area contributed by atoms with E-state index in [4.69, 9.17) is 25.8 Å². The molecule has 1 heterocycles. The van der Waals surface area contributed by atoms with Gasteiger partial charge in [0.15, 0.2) is 11.5 Å². The summed E-state index contributed by atoms with van der Waals surface area (Å²) in [6, 6.07) is 15.9. The Morgan fingerprint density at radius 1 is 1.04 bits per heavy atom. The average Bonchev–Trinajstić information content (AvgIpc) is 3.04. The topological polar surface area (TPSA) is 80.3 Å². The first kappa shape index (κ1) is 33.5. The predicted molar refractivity (Wildman–Crippen MR) is 179 cm³/mol. The molecule has 0 spiro atoms. The van der Waals surface area contributed by atoms with Crippen LogP contribution >= 0.6 is 11.6 Å². The van der Waals surface area contributed by atoms with E-state index >= 15 is 4.39 Å². The van der Waals surface area contributed by atoms with Crippen molar-refractivity contribution in [3.05, 3.63) is 82.1 Å². The van der Waals surface area contributed by atoms with Gasteiger partial charge in [0.1, 0.15) is 5.82 Å². The van der Waals surface area contributed by atoms with Gasteiger partial charge in [-0.05, 0) is 105 Å². The van der Waals surface area contributed by atoms with E-state index in [1.807, 2.05) is 51.2 Å². The summed E-state index contributed by atoms with van der Waals surface area (Å²) in [5.74, 6) is 0.626. The van der Waals surface area contributed by atoms with Crippen molar-refractivity contribution in [1.29, 1.82) is 0 Å². The Bertz CT molecular complexity index is 1540. The zero-order valence-electron chi connectivity index (χ0n) is 27.1. The Morgan fingerprint density at radius 2 is 1.76 bits per heavy atom. The summed E-state index contributed by atoms with van der Waals surface area (Å²) in [6.07, 6.45) is 3.98. The van der Waals surface area contributed by atoms with Crippen LogP contribution in [0.1, 0.15) is 62.3 Å². The summed E-state index contributed by atoms with van der Waals surface area (Å²) in [7, 11) is 4.94. The number of rotatable bonds is 11. The molecule has 1 N–H and O–H groups in total. The first-order chi connectivity index (χ1) is 22.1. The number of amides is 1. The van der Waals surface area contributed by atoms with E-state index in [0.717, 1.165) is 54.6 Å². The van der Waals surface area contributed by atoms with Crippen LogP contribution in [0.5, 0.6) is 11.5 Å². The van der Waals surface area contributed by atoms with Crippen LogP contribution in [0.4, 0.5) is 15.8 Å². The van der Waals surface area contributed by atoms with Gasteiger partial charge in [-0.2, -0.15) is 0 Å². The molecule has 1 atom stereocenters. The third-order valence-corrected chi connectivity index (χ3v) is 9.16. The van der Waals surface area contributed by atoms with E-state index in [2.05, 4.69) is 10.2 Å². The number of halogens is 2. The number of anilines is 2. The van der Waals surface area contributed by atoms with Crippen molar-refractivity contribution in [3.63, 3.8) is 0 Å². The number of nitrogens with one attached hydrogen (secondary N) is 1. The first-order valence-corrected chi connectivity index (χ1v) is 16.2. The fourth-order valence-electron chi connectivity index (χ4n) is 6.58. The second-order valence-electron chi connectivity index (χ2n) is 12.5. The van der Waals surface area contributed by atoms with Crippen molar-refractivity contribution in [1.82, 2.24) is 5.32 Å². The molecule has 8 nitrogen and oxygen atoms in total. The van der Waals surface area contributed by atoms with E-state index in [0.29, 0.717) is 28.5 Å². The Kier molecular flexibility index (Phi) is 10.7. The Morgan fingerprint density at radius 3 is 2.39 bits per heavy atom. The lowest BCUT2D eigenvalue weighted by molar-refractivity contribution is -0.139. The fraction of sp³-hybridized carbons (Fsp3) is 0.444. The van der Waals surface area contributed by atoms with E-state index in [1.165, 1.54) is 13.2 Å². The van der Waals surface area contributed by atoms with E-state index in [1.54, 1.807) is 30.2 Å². The highest BCUT2D eigenvalue weighted by Crippen LogP contribution is 2.44. The molecule has 0 unspecified atom stereocenters. The number of carbonyl (C=O) groups excluding carboxylic acids is 2. The molecule has 10 heteroatoms. The van der Waals surface area contributed by atoms with Gasteiger partial charge in [-0.25, -0.2) is 4.39 Å². The molecule has 1 saturated carbocycles. The van der Waals surface area contributed by atoms with E-state index in [-0.39, 0.29) is 36.6 Å². The number of esters is 1. The van der Waals surface area contributed by atoms with E-state index < -0.39 is 11.9 Å². The summed E-state index contributed by atoms with van der Waals surface area (Å²) >= 11 is 6.23. The Hall–Kier alpha value is -3.82. The third-order valence-electron chi connectivity index (χ3n) is 8.91. The molecule has 0 saturated heterocycles. The SMILES string of the molecule is COC(=O)CNC1CCC(CN(C)c2ccc(N3C(=O)Cc4cc(OC)c(OC(C)C)cc4[C@@H]3c3ccc(Cl)cc3)c(F)c2)CC1. The number of methoxy groups -OCH3 is 2. The molecular weight excluding hydrogens is 609 g/mol. The molecule has 3 aromatic rings. The van der Waals surface area contributed by atoms with Crippen molar-refractivity contribution < 1.29 is 28.2 Å². The Balaban J connectivity index is 1.39. The molecule has 1 amide bonds. The standard InChI is InChI=1S/C36H43ClFN3O5/c1-22(2)46-33-19-29-25(16-32(33)44-4)17-34(42)41(36(29)24-8-10-26(37)11-9-24)31-15-14-28(18-30(31)38)40(3)21-23-6-12-27(13-7-23)39-20-35(43)45-5/h8-11,14-16,18-19,22-23,27,36,39H,6-7,12-13,17,20-21H2,1-5H3/t23?,27?,36-/m0/s1. The van der Waals surface area contributed by atoms with Crippen LogP contribution in [0.2, 0.25) is 5.02 Å². The quantitative estimate of drug-likeness (QED) is 0.231. The lowest BCUT2D eigenvalue weighted by Gasteiger charge is -2.38. The fourth-order valence-corrected chi connectivity index (χ4v) is 6.71. The largest absolute Gasteiger partial charge is 0.493 e. The molecule has 1 aliphatic carbocycles. The lowest BCUT2D eigenvalue weighted by atomic mass is 9.85. The van der Waals surface area contributed by atoms with Gasteiger partial charge < -0.3 is 24.4 Å². The molecule has 0 bridgehead atoms. The summed E-state index contributed by atoms with van der Waals surface area (Å²) in [6.45, 7) is 4.89. The average molecular weight is 652 g/mol. The van der Waals surface area contributed by atoms with Crippen molar-refractivity contribution >= 4 is 34.9 Å². The van der Waals surface area contributed by atoms with Crippen molar-refractivity contribution in [2.45, 2.75) is 64.1 Å². The molecule has 46 heavy (non-hydrogen) atoms. The van der Waals surface area contributed by atoms with Crippen LogP contribution in [0.15, 0.2) is 54.6 Å². The monoisotopic (exact) mass is 651 g/mol. The molecule has 1 aliphatic heterocycles. The third kappa shape index (κ3) is 7.58. The minimum atomic E-state index is -0.602. The highest BCUT2D eigenvalue weighted by molar-refractivity contribution is 6.30. The van der Waals surface area contributed by atoms with Gasteiger partial charge in [0.05, 0.1) is 45.0 Å². The maximum atomic E-state index is 16.1. The minimum absolute atomic E-state index is 0.0933. The predicted octanol–water partition coefficient (Wildman–Crippen LogP) is 6.71. The molecule has 0 radical (unpaired) electrons. The second-order valence-corrected chi connectivity index (χ2v) is 12.9. The van der Waals surface area contributed by atoms with Gasteiger partial charge in [-0.15, -0.1) is 0 Å². The van der Waals surface area contributed by atoms with Gasteiger partial charge in [-0.1, -0.05) is 23.7 Å². The van der Waals surface area contributed by atoms with Gasteiger partial charge in [0.25, 0.3) is 0 Å². The maximum absolute atomic E-state index is 16.1. The summed E-state index contributed by atoms with van der Waals surface area (Å²) in [5.41, 5.74) is 3.41. The van der Waals surface area contributed by atoms with Gasteiger partial charge in [0.2, 0.25) is 5.91 Å². The van der Waals surface area contributed by atoms with Gasteiger partial charge in [0, 0.05) is 30.3 Å². The maximum Gasteiger partial charge on any atom is 0.319 e. The molecule has 246 valence electrons. The number of hydrogen-bond acceptors (Lipinski definition) is 7. The number of benzene rings is 3. The number of ether oxygens (including phenoxy) is 3. The van der Waals surface area contributed by atoms with Crippen LogP contribution in [0.3, 0.4) is 0 Å². The van der Waals surface area contributed by atoms with Crippen molar-refractivity contribution in [3.8, 4) is 11.5 Å². The summed E-state index contributed by atoms with van der Waals surface area (Å²) in [4.78, 5) is 28.9. The minimum Gasteiger partial charge on any atom is -0.493 e. The molecule has 2 aliphatic rings. The van der Waals surface area contributed by atoms with Crippen LogP contribution < -0.4 is 24.6 Å². The highest BCUT2D eigenvalue weighted by Gasteiger charge is 2.37. The highest BCUT2D eigenvalue weighted by atomic mass is 35.5. The molecule has 0 aromatic heterocycles. The number of hydrogen-bond donors (Lipinski definition) is 1. The number of carbonyl (C=O) groups is 2. The second kappa shape index (κ2) is 14.7. The normalized spacial score (nSPS) is 19.5. The number of fused-ring (bicyclic) bond motifs is 1. The first-order valence-electron chi connectivity index (χ1n) is 15.8. The molecule has 1 fully saturated rings. The lowest BCUT2D eigenvalue weighted by Crippen LogP contribution is -2.41. The van der Waals surface area contributed by atoms with Crippen LogP contribution in [-0.2, 0) is 20.7 Å². The molecule has 5 rings (SSSR count). The number of nitrogens with zero attached hydrogens (tertiary/aromatic N) is 2. The van der Waals surface area contributed by atoms with Crippen LogP contribution in [0.25, 0.3) is 0 Å². The van der Waals surface area contributed by atoms with Crippen molar-refractivity contribution in [2.75, 3.05) is 44.2 Å². The molecule has 3 aromatic carbocycles. The van der Waals surface area contributed by atoms with Gasteiger partial charge in [-0.3, -0.25) is 14.5 Å². The molecular formula is C36H43ClFN3O5. The van der Waals surface area contributed by atoms with E-state index in [9.17, 15) is 9.59 Å². The Labute approximate surface area is 275 Å². The van der Waals surface area contributed by atoms with Crippen LogP contribution in [0, 0.1) is 11.7 Å². The van der Waals surface area contributed by atoms with Crippen molar-refractivity contribution in [2.24, 2.45) is 5.92 Å².